The average molecular weight is 228 g/mol. The summed E-state index contributed by atoms with van der Waals surface area (Å²) in [5, 5.41) is 14.2. The summed E-state index contributed by atoms with van der Waals surface area (Å²) in [4.78, 5) is 22.2. The van der Waals surface area contributed by atoms with Crippen molar-refractivity contribution in [2.75, 3.05) is 19.8 Å². The molecule has 90 valence electrons. The standard InChI is InChI=1S/C10H16N2O4/c13-9(14)7-4-16-5-8(7)12-10(15)11-3-6-1-2-6/h6-8H,1-5H2,(H,13,14)(H2,11,12,15). The number of carbonyl (C=O) groups excluding carboxylic acids is 1. The summed E-state index contributed by atoms with van der Waals surface area (Å²) in [5.41, 5.74) is 0. The van der Waals surface area contributed by atoms with Crippen LogP contribution in [0, 0.1) is 11.8 Å². The molecule has 16 heavy (non-hydrogen) atoms. The molecule has 1 saturated carbocycles. The van der Waals surface area contributed by atoms with Crippen LogP contribution in [0.4, 0.5) is 4.79 Å². The van der Waals surface area contributed by atoms with Crippen LogP contribution in [0.25, 0.3) is 0 Å². The van der Waals surface area contributed by atoms with E-state index in [-0.39, 0.29) is 19.2 Å². The predicted octanol–water partition coefficient (Wildman–Crippen LogP) is -0.205. The molecule has 2 atom stereocenters. The van der Waals surface area contributed by atoms with Crippen LogP contribution in [0.15, 0.2) is 0 Å². The average Bonchev–Trinajstić information content (AvgIpc) is 2.95. The number of nitrogens with one attached hydrogen (secondary N) is 2. The Morgan fingerprint density at radius 1 is 1.31 bits per heavy atom. The number of carbonyl (C=O) groups is 2. The third-order valence-corrected chi connectivity index (χ3v) is 2.96. The molecule has 6 nitrogen and oxygen atoms in total. The minimum Gasteiger partial charge on any atom is -0.481 e. The molecule has 2 rings (SSSR count). The minimum atomic E-state index is -0.926. The van der Waals surface area contributed by atoms with Gasteiger partial charge in [0.25, 0.3) is 0 Å². The fourth-order valence-electron chi connectivity index (χ4n) is 1.72. The van der Waals surface area contributed by atoms with Crippen LogP contribution in [-0.4, -0.2) is 42.9 Å². The monoisotopic (exact) mass is 228 g/mol. The van der Waals surface area contributed by atoms with Crippen molar-refractivity contribution >= 4 is 12.0 Å². The molecule has 1 aliphatic carbocycles. The Morgan fingerprint density at radius 3 is 2.69 bits per heavy atom. The molecule has 1 heterocycles. The highest BCUT2D eigenvalue weighted by atomic mass is 16.5. The zero-order valence-corrected chi connectivity index (χ0v) is 8.94. The number of amides is 2. The number of hydrogen-bond acceptors (Lipinski definition) is 3. The fraction of sp³-hybridized carbons (Fsp3) is 0.800. The number of rotatable bonds is 4. The van der Waals surface area contributed by atoms with Gasteiger partial charge in [-0.05, 0) is 18.8 Å². The molecule has 1 saturated heterocycles. The molecule has 0 aromatic heterocycles. The van der Waals surface area contributed by atoms with Gasteiger partial charge in [-0.3, -0.25) is 4.79 Å². The van der Waals surface area contributed by atoms with Crippen molar-refractivity contribution in [3.05, 3.63) is 0 Å². The van der Waals surface area contributed by atoms with E-state index >= 15 is 0 Å². The largest absolute Gasteiger partial charge is 0.481 e. The molecule has 2 fully saturated rings. The summed E-state index contributed by atoms with van der Waals surface area (Å²) < 4.78 is 5.05. The van der Waals surface area contributed by atoms with Gasteiger partial charge in [-0.1, -0.05) is 0 Å². The summed E-state index contributed by atoms with van der Waals surface area (Å²) in [5.74, 6) is -0.947. The lowest BCUT2D eigenvalue weighted by Gasteiger charge is -2.16. The van der Waals surface area contributed by atoms with Gasteiger partial charge in [0.05, 0.1) is 19.3 Å². The summed E-state index contributed by atoms with van der Waals surface area (Å²) in [7, 11) is 0. The lowest BCUT2D eigenvalue weighted by molar-refractivity contribution is -0.142. The van der Waals surface area contributed by atoms with Crippen LogP contribution in [0.1, 0.15) is 12.8 Å². The highest BCUT2D eigenvalue weighted by Crippen LogP contribution is 2.27. The third kappa shape index (κ3) is 2.85. The first-order chi connectivity index (χ1) is 7.66. The Morgan fingerprint density at radius 2 is 2.06 bits per heavy atom. The lowest BCUT2D eigenvalue weighted by Crippen LogP contribution is -2.47. The van der Waals surface area contributed by atoms with Crippen molar-refractivity contribution in [1.29, 1.82) is 0 Å². The first-order valence-corrected chi connectivity index (χ1v) is 5.51. The quantitative estimate of drug-likeness (QED) is 0.621. The third-order valence-electron chi connectivity index (χ3n) is 2.96. The summed E-state index contributed by atoms with van der Waals surface area (Å²) in [6.07, 6.45) is 2.34. The molecule has 2 amide bonds. The van der Waals surface area contributed by atoms with E-state index in [4.69, 9.17) is 9.84 Å². The van der Waals surface area contributed by atoms with Gasteiger partial charge >= 0.3 is 12.0 Å². The zero-order chi connectivity index (χ0) is 11.5. The van der Waals surface area contributed by atoms with Gasteiger partial charge in [0, 0.05) is 6.54 Å². The number of urea groups is 1. The second kappa shape index (κ2) is 4.69. The van der Waals surface area contributed by atoms with Gasteiger partial charge in [0.2, 0.25) is 0 Å². The Labute approximate surface area is 93.3 Å². The lowest BCUT2D eigenvalue weighted by atomic mass is 10.0. The molecule has 3 N–H and O–H groups in total. The van der Waals surface area contributed by atoms with Crippen LogP contribution < -0.4 is 10.6 Å². The molecule has 2 unspecified atom stereocenters. The maximum Gasteiger partial charge on any atom is 0.315 e. The molecule has 0 bridgehead atoms. The normalized spacial score (nSPS) is 28.8. The summed E-state index contributed by atoms with van der Waals surface area (Å²) in [6.45, 7) is 1.12. The van der Waals surface area contributed by atoms with Crippen molar-refractivity contribution in [2.24, 2.45) is 11.8 Å². The van der Waals surface area contributed by atoms with Crippen molar-refractivity contribution in [1.82, 2.24) is 10.6 Å². The number of hydrogen-bond donors (Lipinski definition) is 3. The zero-order valence-electron chi connectivity index (χ0n) is 8.94. The van der Waals surface area contributed by atoms with Gasteiger partial charge < -0.3 is 20.5 Å². The van der Waals surface area contributed by atoms with E-state index in [0.29, 0.717) is 12.5 Å². The van der Waals surface area contributed by atoms with Crippen LogP contribution >= 0.6 is 0 Å². The van der Waals surface area contributed by atoms with E-state index in [9.17, 15) is 9.59 Å². The van der Waals surface area contributed by atoms with E-state index in [1.165, 1.54) is 12.8 Å². The smallest absolute Gasteiger partial charge is 0.315 e. The second-order valence-electron chi connectivity index (χ2n) is 4.39. The first kappa shape index (κ1) is 11.2. The first-order valence-electron chi connectivity index (χ1n) is 5.51. The number of ether oxygens (including phenoxy) is 1. The SMILES string of the molecule is O=C(NCC1CC1)NC1COCC1C(=O)O. The highest BCUT2D eigenvalue weighted by molar-refractivity contribution is 5.77. The van der Waals surface area contributed by atoms with Gasteiger partial charge in [-0.25, -0.2) is 4.79 Å². The van der Waals surface area contributed by atoms with Gasteiger partial charge in [-0.2, -0.15) is 0 Å². The topological polar surface area (TPSA) is 87.7 Å². The molecule has 6 heteroatoms. The number of carboxylic acids is 1. The molecular weight excluding hydrogens is 212 g/mol. The molecule has 1 aliphatic heterocycles. The van der Waals surface area contributed by atoms with Crippen molar-refractivity contribution in [3.8, 4) is 0 Å². The Kier molecular flexibility index (Phi) is 3.28. The molecule has 0 aromatic rings. The van der Waals surface area contributed by atoms with Crippen molar-refractivity contribution < 1.29 is 19.4 Å². The van der Waals surface area contributed by atoms with E-state index in [0.717, 1.165) is 0 Å². The Bertz CT molecular complexity index is 291. The summed E-state index contributed by atoms with van der Waals surface area (Å²) in [6, 6.07) is -0.717. The van der Waals surface area contributed by atoms with Crippen molar-refractivity contribution in [2.45, 2.75) is 18.9 Å². The van der Waals surface area contributed by atoms with Crippen LogP contribution in [0.3, 0.4) is 0 Å². The summed E-state index contributed by atoms with van der Waals surface area (Å²) >= 11 is 0. The molecule has 0 aromatic carbocycles. The highest BCUT2D eigenvalue weighted by Gasteiger charge is 2.35. The van der Waals surface area contributed by atoms with E-state index < -0.39 is 17.9 Å². The van der Waals surface area contributed by atoms with Gasteiger partial charge in [0.1, 0.15) is 5.92 Å². The van der Waals surface area contributed by atoms with Crippen LogP contribution in [0.5, 0.6) is 0 Å². The second-order valence-corrected chi connectivity index (χ2v) is 4.39. The molecule has 2 aliphatic rings. The van der Waals surface area contributed by atoms with E-state index in [2.05, 4.69) is 10.6 Å². The Balaban J connectivity index is 1.74. The van der Waals surface area contributed by atoms with E-state index in [1.54, 1.807) is 0 Å². The maximum absolute atomic E-state index is 11.4. The number of aliphatic carboxylic acids is 1. The van der Waals surface area contributed by atoms with E-state index in [1.807, 2.05) is 0 Å². The van der Waals surface area contributed by atoms with Gasteiger partial charge in [-0.15, -0.1) is 0 Å². The Hall–Kier alpha value is -1.30. The minimum absolute atomic E-state index is 0.170. The van der Waals surface area contributed by atoms with Crippen LogP contribution in [-0.2, 0) is 9.53 Å². The number of carboxylic acid groups (broad SMARTS) is 1. The molecule has 0 spiro atoms. The maximum atomic E-state index is 11.4. The van der Waals surface area contributed by atoms with Gasteiger partial charge in [0.15, 0.2) is 0 Å². The molecular formula is C10H16N2O4. The fourth-order valence-corrected chi connectivity index (χ4v) is 1.72. The van der Waals surface area contributed by atoms with Crippen LogP contribution in [0.2, 0.25) is 0 Å². The van der Waals surface area contributed by atoms with Crippen molar-refractivity contribution in [3.63, 3.8) is 0 Å². The molecule has 0 radical (unpaired) electrons. The predicted molar refractivity (Wildman–Crippen MR) is 55.0 cm³/mol.